The number of hydrogen-bond acceptors (Lipinski definition) is 6. The Morgan fingerprint density at radius 2 is 1.88 bits per heavy atom. The Labute approximate surface area is 147 Å². The first-order valence-corrected chi connectivity index (χ1v) is 8.74. The highest BCUT2D eigenvalue weighted by molar-refractivity contribution is 7.89. The van der Waals surface area contributed by atoms with Gasteiger partial charge in [0, 0.05) is 25.9 Å². The molecule has 0 saturated carbocycles. The minimum atomic E-state index is -3.75. The standard InChI is InChI=1S/C16H22N2O6S/c1-11(2)8-16(20)24-10-15(19)17-12-6-7-13(23-5)14(9-12)25(21,22)18(3)4/h6-9H,10H2,1-5H3,(H,17,19). The van der Waals surface area contributed by atoms with Crippen LogP contribution in [0, 0.1) is 0 Å². The summed E-state index contributed by atoms with van der Waals surface area (Å²) in [5.41, 5.74) is 0.989. The maximum Gasteiger partial charge on any atom is 0.331 e. The van der Waals surface area contributed by atoms with Crippen LogP contribution < -0.4 is 10.1 Å². The fourth-order valence-corrected chi connectivity index (χ4v) is 2.84. The summed E-state index contributed by atoms with van der Waals surface area (Å²) in [5.74, 6) is -1.06. The molecular formula is C16H22N2O6S. The molecule has 0 atom stereocenters. The van der Waals surface area contributed by atoms with Gasteiger partial charge < -0.3 is 14.8 Å². The number of carbonyl (C=O) groups is 2. The second-order valence-electron chi connectivity index (χ2n) is 5.53. The first-order valence-electron chi connectivity index (χ1n) is 7.30. The number of sulfonamides is 1. The van der Waals surface area contributed by atoms with Gasteiger partial charge in [-0.15, -0.1) is 0 Å². The van der Waals surface area contributed by atoms with E-state index in [0.717, 1.165) is 9.88 Å². The van der Waals surface area contributed by atoms with Gasteiger partial charge in [-0.3, -0.25) is 4.79 Å². The molecule has 1 aromatic rings. The lowest BCUT2D eigenvalue weighted by molar-refractivity contribution is -0.142. The van der Waals surface area contributed by atoms with Crippen LogP contribution in [-0.4, -0.2) is 52.4 Å². The molecule has 0 saturated heterocycles. The predicted molar refractivity (Wildman–Crippen MR) is 92.9 cm³/mol. The zero-order valence-electron chi connectivity index (χ0n) is 14.8. The number of methoxy groups -OCH3 is 1. The van der Waals surface area contributed by atoms with Crippen LogP contribution in [0.1, 0.15) is 13.8 Å². The lowest BCUT2D eigenvalue weighted by atomic mass is 10.3. The maximum atomic E-state index is 12.3. The van der Waals surface area contributed by atoms with Crippen molar-refractivity contribution in [1.82, 2.24) is 4.31 Å². The Kier molecular flexibility index (Phi) is 7.13. The number of esters is 1. The predicted octanol–water partition coefficient (Wildman–Crippen LogP) is 1.39. The number of allylic oxidation sites excluding steroid dienone is 1. The molecule has 0 unspecified atom stereocenters. The van der Waals surface area contributed by atoms with E-state index >= 15 is 0 Å². The van der Waals surface area contributed by atoms with Gasteiger partial charge in [0.25, 0.3) is 5.91 Å². The number of ether oxygens (including phenoxy) is 2. The molecule has 8 nitrogen and oxygen atoms in total. The van der Waals surface area contributed by atoms with Crippen LogP contribution in [0.15, 0.2) is 34.7 Å². The third-order valence-corrected chi connectivity index (χ3v) is 4.79. The Hall–Kier alpha value is -2.39. The van der Waals surface area contributed by atoms with Crippen LogP contribution >= 0.6 is 0 Å². The molecule has 0 radical (unpaired) electrons. The summed E-state index contributed by atoms with van der Waals surface area (Å²) in [7, 11) is 0.382. The first-order chi connectivity index (χ1) is 11.6. The van der Waals surface area contributed by atoms with E-state index in [2.05, 4.69) is 5.32 Å². The van der Waals surface area contributed by atoms with Gasteiger partial charge in [0.05, 0.1) is 7.11 Å². The molecule has 138 valence electrons. The van der Waals surface area contributed by atoms with E-state index in [1.54, 1.807) is 13.8 Å². The van der Waals surface area contributed by atoms with E-state index in [0.29, 0.717) is 0 Å². The molecule has 1 rings (SSSR count). The highest BCUT2D eigenvalue weighted by Crippen LogP contribution is 2.28. The summed E-state index contributed by atoms with van der Waals surface area (Å²) in [6.45, 7) is 2.97. The number of hydrogen-bond donors (Lipinski definition) is 1. The Bertz CT molecular complexity index is 780. The summed E-state index contributed by atoms with van der Waals surface area (Å²) in [6.07, 6.45) is 1.27. The van der Waals surface area contributed by atoms with E-state index in [1.165, 1.54) is 45.5 Å². The van der Waals surface area contributed by atoms with Crippen LogP contribution in [0.4, 0.5) is 5.69 Å². The molecule has 1 aromatic carbocycles. The summed E-state index contributed by atoms with van der Waals surface area (Å²) in [6, 6.07) is 4.20. The monoisotopic (exact) mass is 370 g/mol. The lowest BCUT2D eigenvalue weighted by Gasteiger charge is -2.16. The van der Waals surface area contributed by atoms with Gasteiger partial charge in [-0.1, -0.05) is 5.57 Å². The normalized spacial score (nSPS) is 11.0. The molecule has 9 heteroatoms. The van der Waals surface area contributed by atoms with Crippen molar-refractivity contribution in [1.29, 1.82) is 0 Å². The summed E-state index contributed by atoms with van der Waals surface area (Å²) in [4.78, 5) is 23.1. The number of benzene rings is 1. The highest BCUT2D eigenvalue weighted by atomic mass is 32.2. The number of anilines is 1. The zero-order valence-corrected chi connectivity index (χ0v) is 15.6. The highest BCUT2D eigenvalue weighted by Gasteiger charge is 2.23. The van der Waals surface area contributed by atoms with Crippen molar-refractivity contribution in [2.45, 2.75) is 18.7 Å². The second-order valence-corrected chi connectivity index (χ2v) is 7.65. The molecule has 0 aliphatic heterocycles. The largest absolute Gasteiger partial charge is 0.495 e. The van der Waals surface area contributed by atoms with Crippen LogP contribution in [-0.2, 0) is 24.3 Å². The Morgan fingerprint density at radius 3 is 2.40 bits per heavy atom. The molecule has 0 fully saturated rings. The zero-order chi connectivity index (χ0) is 19.2. The fraction of sp³-hybridized carbons (Fsp3) is 0.375. The maximum absolute atomic E-state index is 12.3. The summed E-state index contributed by atoms with van der Waals surface area (Å²) in [5, 5.41) is 2.48. The molecule has 1 amide bonds. The average Bonchev–Trinajstić information content (AvgIpc) is 2.52. The minimum absolute atomic E-state index is 0.0839. The van der Waals surface area contributed by atoms with Crippen molar-refractivity contribution in [3.05, 3.63) is 29.8 Å². The van der Waals surface area contributed by atoms with Crippen LogP contribution in [0.25, 0.3) is 0 Å². The van der Waals surface area contributed by atoms with E-state index in [9.17, 15) is 18.0 Å². The molecule has 0 aromatic heterocycles. The van der Waals surface area contributed by atoms with E-state index in [4.69, 9.17) is 9.47 Å². The third kappa shape index (κ3) is 5.87. The van der Waals surface area contributed by atoms with Gasteiger partial charge in [-0.05, 0) is 32.0 Å². The summed E-state index contributed by atoms with van der Waals surface area (Å²) < 4.78 is 35.5. The van der Waals surface area contributed by atoms with E-state index in [-0.39, 0.29) is 16.3 Å². The molecule has 0 aliphatic rings. The van der Waals surface area contributed by atoms with Crippen LogP contribution in [0.3, 0.4) is 0 Å². The quantitative estimate of drug-likeness (QED) is 0.575. The topological polar surface area (TPSA) is 102 Å². The van der Waals surface area contributed by atoms with Gasteiger partial charge in [-0.2, -0.15) is 0 Å². The molecule has 0 bridgehead atoms. The van der Waals surface area contributed by atoms with Gasteiger partial charge in [-0.25, -0.2) is 17.5 Å². The molecule has 0 spiro atoms. The van der Waals surface area contributed by atoms with E-state index < -0.39 is 28.5 Å². The average molecular weight is 370 g/mol. The smallest absolute Gasteiger partial charge is 0.331 e. The molecule has 25 heavy (non-hydrogen) atoms. The van der Waals surface area contributed by atoms with Gasteiger partial charge in [0.15, 0.2) is 6.61 Å². The van der Waals surface area contributed by atoms with Crippen molar-refractivity contribution in [2.24, 2.45) is 0 Å². The van der Waals surface area contributed by atoms with Crippen molar-refractivity contribution in [2.75, 3.05) is 33.1 Å². The molecule has 0 heterocycles. The molecule has 0 aliphatic carbocycles. The second kappa shape index (κ2) is 8.63. The number of nitrogens with one attached hydrogen (secondary N) is 1. The van der Waals surface area contributed by atoms with Gasteiger partial charge in [0.2, 0.25) is 10.0 Å². The Balaban J connectivity index is 2.92. The van der Waals surface area contributed by atoms with Crippen molar-refractivity contribution >= 4 is 27.6 Å². The van der Waals surface area contributed by atoms with Gasteiger partial charge in [0.1, 0.15) is 10.6 Å². The number of amides is 1. The van der Waals surface area contributed by atoms with Crippen molar-refractivity contribution < 1.29 is 27.5 Å². The van der Waals surface area contributed by atoms with Gasteiger partial charge >= 0.3 is 5.97 Å². The molecule has 1 N–H and O–H groups in total. The Morgan fingerprint density at radius 1 is 1.24 bits per heavy atom. The first kappa shape index (κ1) is 20.7. The fourth-order valence-electron chi connectivity index (χ4n) is 1.76. The number of rotatable bonds is 7. The van der Waals surface area contributed by atoms with Crippen molar-refractivity contribution in [3.63, 3.8) is 0 Å². The summed E-state index contributed by atoms with van der Waals surface area (Å²) >= 11 is 0. The number of carbonyl (C=O) groups excluding carboxylic acids is 2. The number of nitrogens with zero attached hydrogens (tertiary/aromatic N) is 1. The molecular weight excluding hydrogens is 348 g/mol. The van der Waals surface area contributed by atoms with E-state index in [1.807, 2.05) is 0 Å². The van der Waals surface area contributed by atoms with Crippen LogP contribution in [0.2, 0.25) is 0 Å². The lowest BCUT2D eigenvalue weighted by Crippen LogP contribution is -2.23. The minimum Gasteiger partial charge on any atom is -0.495 e. The third-order valence-electron chi connectivity index (χ3n) is 2.96. The van der Waals surface area contributed by atoms with Crippen LogP contribution in [0.5, 0.6) is 5.75 Å². The SMILES string of the molecule is COc1ccc(NC(=O)COC(=O)C=C(C)C)cc1S(=O)(=O)N(C)C. The van der Waals surface area contributed by atoms with Crippen molar-refractivity contribution in [3.8, 4) is 5.75 Å².